The second kappa shape index (κ2) is 8.86. The molecule has 0 aliphatic rings. The fourth-order valence-corrected chi connectivity index (χ4v) is 2.68. The molecule has 0 atom stereocenters. The Kier molecular flexibility index (Phi) is 6.06. The van der Waals surface area contributed by atoms with Crippen molar-refractivity contribution in [2.45, 2.75) is 4.90 Å². The Morgan fingerprint density at radius 3 is 2.15 bits per heavy atom. The van der Waals surface area contributed by atoms with Crippen LogP contribution in [-0.4, -0.2) is 23.1 Å². The smallest absolute Gasteiger partial charge is 0.314 e. The van der Waals surface area contributed by atoms with Crippen LogP contribution in [0.15, 0.2) is 78.0 Å². The molecule has 1 aromatic heterocycles. The van der Waals surface area contributed by atoms with Crippen LogP contribution in [0.1, 0.15) is 0 Å². The predicted molar refractivity (Wildman–Crippen MR) is 106 cm³/mol. The second-order valence-corrected chi connectivity index (χ2v) is 6.33. The number of rotatable bonds is 5. The summed E-state index contributed by atoms with van der Waals surface area (Å²) in [5.74, 6) is -0.205. The van der Waals surface area contributed by atoms with Crippen LogP contribution in [-0.2, 0) is 9.59 Å². The van der Waals surface area contributed by atoms with E-state index in [1.807, 2.05) is 18.4 Å². The van der Waals surface area contributed by atoms with E-state index in [1.165, 1.54) is 0 Å². The quantitative estimate of drug-likeness (QED) is 0.514. The molecule has 136 valence electrons. The Morgan fingerprint density at radius 1 is 0.852 bits per heavy atom. The molecule has 0 aliphatic heterocycles. The standard InChI is InChI=1S/C20H17N3O3S/c1-27-18-4-2-3-15(13-18)23-20(25)19(24)22-14-5-7-16(8-6-14)26-17-9-11-21-12-10-17/h2-13H,1H3,(H,22,24)(H,23,25). The molecule has 27 heavy (non-hydrogen) atoms. The summed E-state index contributed by atoms with van der Waals surface area (Å²) in [6.45, 7) is 0. The van der Waals surface area contributed by atoms with E-state index in [2.05, 4.69) is 15.6 Å². The highest BCUT2D eigenvalue weighted by atomic mass is 32.2. The van der Waals surface area contributed by atoms with Gasteiger partial charge in [-0.15, -0.1) is 11.8 Å². The molecular weight excluding hydrogens is 362 g/mol. The lowest BCUT2D eigenvalue weighted by Crippen LogP contribution is -2.29. The van der Waals surface area contributed by atoms with Crippen molar-refractivity contribution in [3.8, 4) is 11.5 Å². The van der Waals surface area contributed by atoms with E-state index in [0.717, 1.165) is 4.90 Å². The van der Waals surface area contributed by atoms with Crippen LogP contribution in [0.25, 0.3) is 0 Å². The average molecular weight is 379 g/mol. The Hall–Kier alpha value is -3.32. The SMILES string of the molecule is CSc1cccc(NC(=O)C(=O)Nc2ccc(Oc3ccncc3)cc2)c1. The number of ether oxygens (including phenoxy) is 1. The Bertz CT molecular complexity index is 931. The Balaban J connectivity index is 1.57. The van der Waals surface area contributed by atoms with Gasteiger partial charge in [-0.2, -0.15) is 0 Å². The zero-order chi connectivity index (χ0) is 19.1. The summed E-state index contributed by atoms with van der Waals surface area (Å²) in [4.78, 5) is 29.1. The number of hydrogen-bond acceptors (Lipinski definition) is 5. The van der Waals surface area contributed by atoms with Gasteiger partial charge in [0.15, 0.2) is 0 Å². The maximum Gasteiger partial charge on any atom is 0.314 e. The van der Waals surface area contributed by atoms with E-state index >= 15 is 0 Å². The van der Waals surface area contributed by atoms with Crippen molar-refractivity contribution in [2.24, 2.45) is 0 Å². The Labute approximate surface area is 161 Å². The highest BCUT2D eigenvalue weighted by molar-refractivity contribution is 7.98. The Morgan fingerprint density at radius 2 is 1.48 bits per heavy atom. The first-order valence-corrected chi connectivity index (χ1v) is 9.31. The topological polar surface area (TPSA) is 80.3 Å². The molecular formula is C20H17N3O3S. The summed E-state index contributed by atoms with van der Waals surface area (Å²) in [6, 6.07) is 17.5. The zero-order valence-corrected chi connectivity index (χ0v) is 15.3. The highest BCUT2D eigenvalue weighted by Crippen LogP contribution is 2.22. The normalized spacial score (nSPS) is 10.1. The largest absolute Gasteiger partial charge is 0.457 e. The second-order valence-electron chi connectivity index (χ2n) is 5.45. The van der Waals surface area contributed by atoms with Crippen molar-refractivity contribution in [3.05, 3.63) is 73.1 Å². The molecule has 0 radical (unpaired) electrons. The van der Waals surface area contributed by atoms with Gasteiger partial charge in [-0.3, -0.25) is 14.6 Å². The van der Waals surface area contributed by atoms with Gasteiger partial charge in [0.05, 0.1) is 0 Å². The van der Waals surface area contributed by atoms with Crippen LogP contribution in [0.3, 0.4) is 0 Å². The first-order valence-electron chi connectivity index (χ1n) is 8.08. The average Bonchev–Trinajstić information content (AvgIpc) is 2.70. The monoisotopic (exact) mass is 379 g/mol. The molecule has 0 saturated carbocycles. The van der Waals surface area contributed by atoms with Crippen molar-refractivity contribution in [2.75, 3.05) is 16.9 Å². The molecule has 3 aromatic rings. The van der Waals surface area contributed by atoms with Gasteiger partial charge < -0.3 is 15.4 Å². The van der Waals surface area contributed by atoms with E-state index in [0.29, 0.717) is 22.9 Å². The van der Waals surface area contributed by atoms with E-state index in [4.69, 9.17) is 4.74 Å². The predicted octanol–water partition coefficient (Wildman–Crippen LogP) is 4.17. The molecule has 0 saturated heterocycles. The summed E-state index contributed by atoms with van der Waals surface area (Å²) in [5.41, 5.74) is 1.07. The van der Waals surface area contributed by atoms with Crippen LogP contribution in [0.2, 0.25) is 0 Å². The molecule has 0 unspecified atom stereocenters. The molecule has 0 spiro atoms. The van der Waals surface area contributed by atoms with Crippen molar-refractivity contribution in [1.29, 1.82) is 0 Å². The third-order valence-electron chi connectivity index (χ3n) is 3.53. The minimum absolute atomic E-state index is 0.495. The fraction of sp³-hybridized carbons (Fsp3) is 0.0500. The van der Waals surface area contributed by atoms with Crippen molar-refractivity contribution < 1.29 is 14.3 Å². The summed E-state index contributed by atoms with van der Waals surface area (Å²) < 4.78 is 5.65. The van der Waals surface area contributed by atoms with Gasteiger partial charge >= 0.3 is 11.8 Å². The molecule has 0 fully saturated rings. The van der Waals surface area contributed by atoms with Crippen molar-refractivity contribution in [3.63, 3.8) is 0 Å². The molecule has 1 heterocycles. The van der Waals surface area contributed by atoms with Gasteiger partial charge in [0, 0.05) is 28.7 Å². The molecule has 7 heteroatoms. The molecule has 6 nitrogen and oxygen atoms in total. The maximum atomic E-state index is 12.1. The molecule has 2 N–H and O–H groups in total. The number of hydrogen-bond donors (Lipinski definition) is 2. The van der Waals surface area contributed by atoms with Crippen LogP contribution < -0.4 is 15.4 Å². The van der Waals surface area contributed by atoms with Crippen LogP contribution in [0.5, 0.6) is 11.5 Å². The number of pyridine rings is 1. The van der Waals surface area contributed by atoms with Crippen LogP contribution in [0.4, 0.5) is 11.4 Å². The number of nitrogens with one attached hydrogen (secondary N) is 2. The van der Waals surface area contributed by atoms with Gasteiger partial charge in [0.2, 0.25) is 0 Å². The van der Waals surface area contributed by atoms with Crippen molar-refractivity contribution in [1.82, 2.24) is 4.98 Å². The number of thioether (sulfide) groups is 1. The number of carbonyl (C=O) groups excluding carboxylic acids is 2. The number of amides is 2. The third kappa shape index (κ3) is 5.32. The lowest BCUT2D eigenvalue weighted by molar-refractivity contribution is -0.133. The van der Waals surface area contributed by atoms with Gasteiger partial charge in [0.25, 0.3) is 0 Å². The fourth-order valence-electron chi connectivity index (χ4n) is 2.23. The summed E-state index contributed by atoms with van der Waals surface area (Å²) in [5, 5.41) is 5.15. The van der Waals surface area contributed by atoms with Gasteiger partial charge in [-0.25, -0.2) is 0 Å². The number of aromatic nitrogens is 1. The maximum absolute atomic E-state index is 12.1. The summed E-state index contributed by atoms with van der Waals surface area (Å²) >= 11 is 1.56. The van der Waals surface area contributed by atoms with E-state index in [1.54, 1.807) is 72.7 Å². The first kappa shape index (κ1) is 18.5. The summed E-state index contributed by atoms with van der Waals surface area (Å²) in [7, 11) is 0. The number of carbonyl (C=O) groups is 2. The molecule has 0 aliphatic carbocycles. The minimum Gasteiger partial charge on any atom is -0.457 e. The zero-order valence-electron chi connectivity index (χ0n) is 14.5. The number of anilines is 2. The van der Waals surface area contributed by atoms with Gasteiger partial charge in [-0.1, -0.05) is 6.07 Å². The first-order chi connectivity index (χ1) is 13.1. The van der Waals surface area contributed by atoms with E-state index in [9.17, 15) is 9.59 Å². The molecule has 2 amide bonds. The van der Waals surface area contributed by atoms with Gasteiger partial charge in [-0.05, 0) is 60.9 Å². The third-order valence-corrected chi connectivity index (χ3v) is 4.26. The minimum atomic E-state index is -0.743. The lowest BCUT2D eigenvalue weighted by Gasteiger charge is -2.09. The van der Waals surface area contributed by atoms with Crippen LogP contribution in [0, 0.1) is 0 Å². The molecule has 2 aromatic carbocycles. The van der Waals surface area contributed by atoms with E-state index < -0.39 is 11.8 Å². The van der Waals surface area contributed by atoms with Gasteiger partial charge in [0.1, 0.15) is 11.5 Å². The van der Waals surface area contributed by atoms with Crippen molar-refractivity contribution >= 4 is 35.0 Å². The molecule has 0 bridgehead atoms. The molecule has 3 rings (SSSR count). The van der Waals surface area contributed by atoms with E-state index in [-0.39, 0.29) is 0 Å². The highest BCUT2D eigenvalue weighted by Gasteiger charge is 2.14. The number of benzene rings is 2. The number of nitrogens with zero attached hydrogens (tertiary/aromatic N) is 1. The lowest BCUT2D eigenvalue weighted by atomic mass is 10.3. The van der Waals surface area contributed by atoms with Crippen LogP contribution >= 0.6 is 11.8 Å². The summed E-state index contributed by atoms with van der Waals surface area (Å²) in [6.07, 6.45) is 5.21.